The summed E-state index contributed by atoms with van der Waals surface area (Å²) >= 11 is 0. The van der Waals surface area contributed by atoms with Crippen LogP contribution in [-0.4, -0.2) is 14.4 Å². The van der Waals surface area contributed by atoms with Crippen LogP contribution in [0.5, 0.6) is 0 Å². The second-order valence-electron chi connectivity index (χ2n) is 9.76. The van der Waals surface area contributed by atoms with Gasteiger partial charge in [-0.05, 0) is 81.6 Å². The summed E-state index contributed by atoms with van der Waals surface area (Å²) in [6.45, 7) is 0. The largest absolute Gasteiger partial charge is 0.276 e. The van der Waals surface area contributed by atoms with Gasteiger partial charge in [0.1, 0.15) is 11.3 Å². The van der Waals surface area contributed by atoms with Crippen molar-refractivity contribution < 1.29 is 0 Å². The molecule has 35 heavy (non-hydrogen) atoms. The molecule has 3 heterocycles. The zero-order valence-electron chi connectivity index (χ0n) is 18.9. The number of para-hydroxylation sites is 2. The average Bonchev–Trinajstić information content (AvgIpc) is 3.59. The van der Waals surface area contributed by atoms with E-state index in [1.54, 1.807) is 0 Å². The van der Waals surface area contributed by atoms with E-state index in [4.69, 9.17) is 9.97 Å². The molecule has 9 rings (SSSR count). The quantitative estimate of drug-likeness (QED) is 0.229. The first-order valence-electron chi connectivity index (χ1n) is 12.2. The molecule has 2 aliphatic carbocycles. The lowest BCUT2D eigenvalue weighted by Gasteiger charge is -2.18. The fourth-order valence-corrected chi connectivity index (χ4v) is 6.74. The summed E-state index contributed by atoms with van der Waals surface area (Å²) in [7, 11) is 0. The molecule has 0 unspecified atom stereocenters. The highest BCUT2D eigenvalue weighted by Gasteiger charge is 2.33. The first kappa shape index (κ1) is 17.9. The predicted molar refractivity (Wildman–Crippen MR) is 142 cm³/mol. The Morgan fingerprint density at radius 1 is 0.600 bits per heavy atom. The van der Waals surface area contributed by atoms with Crippen LogP contribution < -0.4 is 0 Å². The molecule has 2 aliphatic rings. The molecule has 0 spiro atoms. The molecule has 0 bridgehead atoms. The van der Waals surface area contributed by atoms with Crippen LogP contribution >= 0.6 is 0 Å². The molecule has 3 heteroatoms. The van der Waals surface area contributed by atoms with E-state index in [1.807, 2.05) is 6.20 Å². The SMILES string of the molecule is c1ccc2c(c1)Cc1c-2c2c(c3c1c1cccnc1n1c4ccccc4nc31)Cc1ccccc1-2. The number of imidazole rings is 1. The van der Waals surface area contributed by atoms with E-state index in [-0.39, 0.29) is 0 Å². The van der Waals surface area contributed by atoms with Crippen LogP contribution in [0.1, 0.15) is 22.3 Å². The number of hydrogen-bond donors (Lipinski definition) is 0. The number of fused-ring (bicyclic) bond motifs is 17. The van der Waals surface area contributed by atoms with Crippen molar-refractivity contribution >= 4 is 38.5 Å². The summed E-state index contributed by atoms with van der Waals surface area (Å²) in [4.78, 5) is 10.1. The Bertz CT molecular complexity index is 2060. The van der Waals surface area contributed by atoms with Gasteiger partial charge >= 0.3 is 0 Å². The highest BCUT2D eigenvalue weighted by atomic mass is 15.1. The molecule has 0 amide bonds. The van der Waals surface area contributed by atoms with Crippen molar-refractivity contribution in [3.05, 3.63) is 113 Å². The molecule has 0 radical (unpaired) electrons. The lowest BCUT2D eigenvalue weighted by atomic mass is 9.88. The van der Waals surface area contributed by atoms with E-state index in [0.717, 1.165) is 35.2 Å². The maximum Gasteiger partial charge on any atom is 0.147 e. The Morgan fingerprint density at radius 3 is 2.03 bits per heavy atom. The minimum Gasteiger partial charge on any atom is -0.276 e. The van der Waals surface area contributed by atoms with Gasteiger partial charge in [0.15, 0.2) is 0 Å². The van der Waals surface area contributed by atoms with Crippen LogP contribution in [0.3, 0.4) is 0 Å². The Kier molecular flexibility index (Phi) is 3.14. The van der Waals surface area contributed by atoms with Crippen molar-refractivity contribution in [2.24, 2.45) is 0 Å². The van der Waals surface area contributed by atoms with Gasteiger partial charge in [0.25, 0.3) is 0 Å². The van der Waals surface area contributed by atoms with E-state index < -0.39 is 0 Å². The first-order chi connectivity index (χ1) is 17.4. The molecule has 0 N–H and O–H groups in total. The van der Waals surface area contributed by atoms with Gasteiger partial charge in [0.2, 0.25) is 0 Å². The van der Waals surface area contributed by atoms with Gasteiger partial charge in [0.05, 0.1) is 11.0 Å². The molecule has 162 valence electrons. The molecule has 0 fully saturated rings. The summed E-state index contributed by atoms with van der Waals surface area (Å²) < 4.78 is 2.28. The average molecular weight is 446 g/mol. The predicted octanol–water partition coefficient (Wildman–Crippen LogP) is 7.33. The van der Waals surface area contributed by atoms with Crippen molar-refractivity contribution in [1.29, 1.82) is 0 Å². The van der Waals surface area contributed by atoms with Crippen molar-refractivity contribution in [1.82, 2.24) is 14.4 Å². The molecular weight excluding hydrogens is 426 g/mol. The first-order valence-corrected chi connectivity index (χ1v) is 12.2. The third-order valence-electron chi connectivity index (χ3n) is 8.07. The number of hydrogen-bond acceptors (Lipinski definition) is 2. The highest BCUT2D eigenvalue weighted by Crippen LogP contribution is 2.54. The van der Waals surface area contributed by atoms with Crippen molar-refractivity contribution in [3.8, 4) is 22.3 Å². The highest BCUT2D eigenvalue weighted by molar-refractivity contribution is 6.21. The summed E-state index contributed by atoms with van der Waals surface area (Å²) in [5, 5.41) is 3.83. The smallest absolute Gasteiger partial charge is 0.147 e. The normalized spacial score (nSPS) is 13.5. The molecule has 0 saturated heterocycles. The number of benzene rings is 4. The minimum atomic E-state index is 0.933. The van der Waals surface area contributed by atoms with E-state index in [9.17, 15) is 0 Å². The topological polar surface area (TPSA) is 30.2 Å². The van der Waals surface area contributed by atoms with Crippen molar-refractivity contribution in [3.63, 3.8) is 0 Å². The fraction of sp³-hybridized carbons (Fsp3) is 0.0625. The number of rotatable bonds is 0. The fourth-order valence-electron chi connectivity index (χ4n) is 6.74. The van der Waals surface area contributed by atoms with E-state index >= 15 is 0 Å². The third kappa shape index (κ3) is 2.08. The lowest BCUT2D eigenvalue weighted by molar-refractivity contribution is 1.22. The van der Waals surface area contributed by atoms with E-state index in [0.29, 0.717) is 0 Å². The van der Waals surface area contributed by atoms with Gasteiger partial charge in [-0.2, -0.15) is 0 Å². The van der Waals surface area contributed by atoms with Crippen LogP contribution in [0.2, 0.25) is 0 Å². The van der Waals surface area contributed by atoms with E-state index in [2.05, 4.69) is 89.3 Å². The van der Waals surface area contributed by atoms with Gasteiger partial charge in [0, 0.05) is 22.4 Å². The van der Waals surface area contributed by atoms with Gasteiger partial charge < -0.3 is 0 Å². The zero-order chi connectivity index (χ0) is 22.7. The maximum atomic E-state index is 5.23. The molecule has 0 saturated carbocycles. The van der Waals surface area contributed by atoms with Crippen molar-refractivity contribution in [2.75, 3.05) is 0 Å². The summed E-state index contributed by atoms with van der Waals surface area (Å²) in [5.74, 6) is 0. The molecule has 4 aromatic carbocycles. The number of nitrogens with zero attached hydrogens (tertiary/aromatic N) is 3. The van der Waals surface area contributed by atoms with Crippen LogP contribution in [0, 0.1) is 0 Å². The van der Waals surface area contributed by atoms with E-state index in [1.165, 1.54) is 60.7 Å². The molecule has 3 aromatic heterocycles. The monoisotopic (exact) mass is 445 g/mol. The summed E-state index contributed by atoms with van der Waals surface area (Å²) in [5.41, 5.74) is 15.3. The van der Waals surface area contributed by atoms with Gasteiger partial charge in [-0.3, -0.25) is 4.40 Å². The van der Waals surface area contributed by atoms with Crippen LogP contribution in [0.15, 0.2) is 91.1 Å². The second kappa shape index (κ2) is 6.13. The molecule has 0 atom stereocenters. The summed E-state index contributed by atoms with van der Waals surface area (Å²) in [6, 6.07) is 30.6. The second-order valence-corrected chi connectivity index (χ2v) is 9.76. The van der Waals surface area contributed by atoms with Gasteiger partial charge in [-0.1, -0.05) is 60.7 Å². The van der Waals surface area contributed by atoms with Crippen molar-refractivity contribution in [2.45, 2.75) is 12.8 Å². The van der Waals surface area contributed by atoms with Gasteiger partial charge in [-0.25, -0.2) is 9.97 Å². The third-order valence-corrected chi connectivity index (χ3v) is 8.07. The van der Waals surface area contributed by atoms with Gasteiger partial charge in [-0.15, -0.1) is 0 Å². The summed E-state index contributed by atoms with van der Waals surface area (Å²) in [6.07, 6.45) is 3.78. The zero-order valence-corrected chi connectivity index (χ0v) is 18.9. The molecule has 3 nitrogen and oxygen atoms in total. The van der Waals surface area contributed by atoms with Crippen LogP contribution in [0.4, 0.5) is 0 Å². The standard InChI is InChI=1S/C32H19N3/c1-3-10-20-18(8-1)16-23-27(20)28-21-11-4-2-9-19(21)17-24(28)30-29(23)22-12-7-15-33-31(22)35-26-14-6-5-13-25(26)34-32(30)35/h1-15H,16-17H2. The molecule has 7 aromatic rings. The Hall–Kier alpha value is -4.50. The Morgan fingerprint density at radius 2 is 1.26 bits per heavy atom. The number of aromatic nitrogens is 3. The Balaban J connectivity index is 1.62. The molecule has 0 aliphatic heterocycles. The molecular formula is C32H19N3. The van der Waals surface area contributed by atoms with Crippen LogP contribution in [0.25, 0.3) is 60.7 Å². The minimum absolute atomic E-state index is 0.933. The Labute approximate surface area is 201 Å². The lowest BCUT2D eigenvalue weighted by Crippen LogP contribution is -2.00. The maximum absolute atomic E-state index is 5.23. The number of pyridine rings is 2. The van der Waals surface area contributed by atoms with Crippen LogP contribution in [-0.2, 0) is 12.8 Å².